The van der Waals surface area contributed by atoms with Gasteiger partial charge in [-0.3, -0.25) is 0 Å². The lowest BCUT2D eigenvalue weighted by molar-refractivity contribution is 0.613. The van der Waals surface area contributed by atoms with Crippen LogP contribution in [-0.4, -0.2) is 4.98 Å². The van der Waals surface area contributed by atoms with Gasteiger partial charge in [0.05, 0.1) is 10.2 Å². The van der Waals surface area contributed by atoms with E-state index >= 15 is 0 Å². The second-order valence-electron chi connectivity index (χ2n) is 3.93. The number of para-hydroxylation sites is 1. The summed E-state index contributed by atoms with van der Waals surface area (Å²) in [7, 11) is 0. The van der Waals surface area contributed by atoms with Crippen LogP contribution in [0.1, 0.15) is 5.56 Å². The van der Waals surface area contributed by atoms with Gasteiger partial charge in [0, 0.05) is 12.1 Å². The van der Waals surface area contributed by atoms with Crippen LogP contribution in [0.15, 0.2) is 48.5 Å². The molecule has 18 heavy (non-hydrogen) atoms. The molecule has 4 heteroatoms. The highest BCUT2D eigenvalue weighted by atomic mass is 32.1. The Morgan fingerprint density at radius 1 is 1.06 bits per heavy atom. The van der Waals surface area contributed by atoms with Crippen LogP contribution < -0.4 is 5.32 Å². The summed E-state index contributed by atoms with van der Waals surface area (Å²) in [5.41, 5.74) is 1.62. The highest BCUT2D eigenvalue weighted by molar-refractivity contribution is 7.22. The first-order valence-corrected chi connectivity index (χ1v) is 6.47. The van der Waals surface area contributed by atoms with E-state index in [4.69, 9.17) is 0 Å². The lowest BCUT2D eigenvalue weighted by Gasteiger charge is -2.03. The summed E-state index contributed by atoms with van der Waals surface area (Å²) in [6, 6.07) is 14.7. The molecule has 2 aromatic carbocycles. The molecule has 0 aliphatic rings. The first-order valence-electron chi connectivity index (χ1n) is 5.66. The molecular formula is C14H11FN2S. The van der Waals surface area contributed by atoms with Gasteiger partial charge in [0.1, 0.15) is 5.82 Å². The van der Waals surface area contributed by atoms with E-state index in [0.717, 1.165) is 15.3 Å². The van der Waals surface area contributed by atoms with E-state index in [9.17, 15) is 4.39 Å². The Labute approximate surface area is 108 Å². The number of nitrogens with zero attached hydrogens (tertiary/aromatic N) is 1. The van der Waals surface area contributed by atoms with Crippen molar-refractivity contribution in [1.29, 1.82) is 0 Å². The molecule has 1 aromatic heterocycles. The average molecular weight is 258 g/mol. The number of hydrogen-bond donors (Lipinski definition) is 1. The molecule has 0 atom stereocenters. The predicted octanol–water partition coefficient (Wildman–Crippen LogP) is 4.05. The van der Waals surface area contributed by atoms with Crippen LogP contribution in [-0.2, 0) is 6.54 Å². The van der Waals surface area contributed by atoms with Crippen LogP contribution in [0.5, 0.6) is 0 Å². The molecule has 0 bridgehead atoms. The van der Waals surface area contributed by atoms with Gasteiger partial charge < -0.3 is 5.32 Å². The van der Waals surface area contributed by atoms with Crippen molar-refractivity contribution in [2.45, 2.75) is 6.54 Å². The number of halogens is 1. The van der Waals surface area contributed by atoms with E-state index in [0.29, 0.717) is 12.1 Å². The van der Waals surface area contributed by atoms with Crippen LogP contribution in [0.3, 0.4) is 0 Å². The number of rotatable bonds is 3. The Morgan fingerprint density at radius 2 is 1.83 bits per heavy atom. The zero-order valence-electron chi connectivity index (χ0n) is 9.56. The topological polar surface area (TPSA) is 24.9 Å². The fourth-order valence-electron chi connectivity index (χ4n) is 1.76. The van der Waals surface area contributed by atoms with Crippen LogP contribution in [0, 0.1) is 5.82 Å². The molecule has 0 amide bonds. The highest BCUT2D eigenvalue weighted by Crippen LogP contribution is 2.25. The lowest BCUT2D eigenvalue weighted by atomic mass is 10.2. The standard InChI is InChI=1S/C14H11FN2S/c15-11-6-2-1-5-10(11)9-16-14-17-12-7-3-4-8-13(12)18-14/h1-8H,9H2,(H,16,17). The molecule has 0 saturated carbocycles. The summed E-state index contributed by atoms with van der Waals surface area (Å²) in [6.45, 7) is 0.451. The summed E-state index contributed by atoms with van der Waals surface area (Å²) in [4.78, 5) is 4.44. The Balaban J connectivity index is 1.79. The monoisotopic (exact) mass is 258 g/mol. The zero-order chi connectivity index (χ0) is 12.4. The van der Waals surface area contributed by atoms with Gasteiger partial charge in [-0.15, -0.1) is 0 Å². The van der Waals surface area contributed by atoms with Gasteiger partial charge in [-0.05, 0) is 18.2 Å². The molecule has 0 spiro atoms. The number of fused-ring (bicyclic) bond motifs is 1. The normalized spacial score (nSPS) is 10.7. The van der Waals surface area contributed by atoms with E-state index in [1.807, 2.05) is 30.3 Å². The molecule has 3 rings (SSSR count). The van der Waals surface area contributed by atoms with Crippen LogP contribution in [0.25, 0.3) is 10.2 Å². The van der Waals surface area contributed by atoms with Crippen molar-refractivity contribution in [3.63, 3.8) is 0 Å². The van der Waals surface area contributed by atoms with E-state index in [1.165, 1.54) is 6.07 Å². The Kier molecular flexibility index (Phi) is 2.94. The molecule has 2 nitrogen and oxygen atoms in total. The third-order valence-electron chi connectivity index (χ3n) is 2.68. The molecule has 90 valence electrons. The summed E-state index contributed by atoms with van der Waals surface area (Å²) < 4.78 is 14.6. The SMILES string of the molecule is Fc1ccccc1CNc1nc2ccccc2s1. The number of thiazole rings is 1. The molecule has 3 aromatic rings. The predicted molar refractivity (Wildman–Crippen MR) is 73.3 cm³/mol. The lowest BCUT2D eigenvalue weighted by Crippen LogP contribution is -2.00. The van der Waals surface area contributed by atoms with Crippen molar-refractivity contribution in [1.82, 2.24) is 4.98 Å². The molecule has 0 radical (unpaired) electrons. The minimum atomic E-state index is -0.189. The maximum absolute atomic E-state index is 13.4. The second kappa shape index (κ2) is 4.74. The molecule has 0 saturated heterocycles. The third kappa shape index (κ3) is 2.19. The Bertz CT molecular complexity index is 645. The van der Waals surface area contributed by atoms with Gasteiger partial charge in [-0.25, -0.2) is 9.37 Å². The summed E-state index contributed by atoms with van der Waals surface area (Å²) >= 11 is 1.58. The summed E-state index contributed by atoms with van der Waals surface area (Å²) in [5.74, 6) is -0.189. The van der Waals surface area contributed by atoms with Gasteiger partial charge >= 0.3 is 0 Å². The third-order valence-corrected chi connectivity index (χ3v) is 3.68. The van der Waals surface area contributed by atoms with Gasteiger partial charge in [-0.1, -0.05) is 41.7 Å². The fourth-order valence-corrected chi connectivity index (χ4v) is 2.62. The summed E-state index contributed by atoms with van der Waals surface area (Å²) in [5, 5.41) is 3.98. The van der Waals surface area contributed by atoms with Crippen molar-refractivity contribution in [2.24, 2.45) is 0 Å². The second-order valence-corrected chi connectivity index (χ2v) is 4.96. The van der Waals surface area contributed by atoms with Crippen molar-refractivity contribution < 1.29 is 4.39 Å². The molecule has 0 unspecified atom stereocenters. The molecule has 1 heterocycles. The summed E-state index contributed by atoms with van der Waals surface area (Å²) in [6.07, 6.45) is 0. The van der Waals surface area contributed by atoms with Gasteiger partial charge in [0.2, 0.25) is 0 Å². The smallest absolute Gasteiger partial charge is 0.184 e. The van der Waals surface area contributed by atoms with E-state index in [-0.39, 0.29) is 5.82 Å². The van der Waals surface area contributed by atoms with E-state index < -0.39 is 0 Å². The quantitative estimate of drug-likeness (QED) is 0.766. The Hall–Kier alpha value is -1.94. The molecule has 1 N–H and O–H groups in total. The minimum Gasteiger partial charge on any atom is -0.357 e. The number of anilines is 1. The largest absolute Gasteiger partial charge is 0.357 e. The Morgan fingerprint density at radius 3 is 2.67 bits per heavy atom. The van der Waals surface area contributed by atoms with E-state index in [2.05, 4.69) is 10.3 Å². The van der Waals surface area contributed by atoms with Crippen molar-refractivity contribution >= 4 is 26.7 Å². The number of benzene rings is 2. The fraction of sp³-hybridized carbons (Fsp3) is 0.0714. The van der Waals surface area contributed by atoms with Crippen LogP contribution in [0.2, 0.25) is 0 Å². The number of nitrogens with one attached hydrogen (secondary N) is 1. The maximum Gasteiger partial charge on any atom is 0.184 e. The van der Waals surface area contributed by atoms with Crippen molar-refractivity contribution in [3.05, 3.63) is 59.9 Å². The van der Waals surface area contributed by atoms with Crippen molar-refractivity contribution in [2.75, 3.05) is 5.32 Å². The van der Waals surface area contributed by atoms with Crippen molar-refractivity contribution in [3.8, 4) is 0 Å². The van der Waals surface area contributed by atoms with Crippen LogP contribution in [0.4, 0.5) is 9.52 Å². The van der Waals surface area contributed by atoms with Gasteiger partial charge in [-0.2, -0.15) is 0 Å². The number of hydrogen-bond acceptors (Lipinski definition) is 3. The zero-order valence-corrected chi connectivity index (χ0v) is 10.4. The highest BCUT2D eigenvalue weighted by Gasteiger charge is 2.04. The minimum absolute atomic E-state index is 0.189. The van der Waals surface area contributed by atoms with Crippen LogP contribution >= 0.6 is 11.3 Å². The number of aromatic nitrogens is 1. The molecule has 0 fully saturated rings. The average Bonchev–Trinajstić information content (AvgIpc) is 2.80. The maximum atomic E-state index is 13.4. The van der Waals surface area contributed by atoms with Gasteiger partial charge in [0.15, 0.2) is 5.13 Å². The molecule has 0 aliphatic heterocycles. The first-order chi connectivity index (χ1) is 8.83. The first kappa shape index (κ1) is 11.2. The molecular weight excluding hydrogens is 247 g/mol. The van der Waals surface area contributed by atoms with Gasteiger partial charge in [0.25, 0.3) is 0 Å². The molecule has 0 aliphatic carbocycles. The van der Waals surface area contributed by atoms with E-state index in [1.54, 1.807) is 23.5 Å².